The minimum atomic E-state index is -0.495. The molecule has 2 amide bonds. The molecule has 0 bridgehead atoms. The molecular weight excluding hydrogens is 473 g/mol. The number of likely N-dealkylation sites (tertiary alicyclic amines) is 1. The highest BCUT2D eigenvalue weighted by atomic mass is 127. The molecule has 1 heterocycles. The summed E-state index contributed by atoms with van der Waals surface area (Å²) >= 11 is 0. The van der Waals surface area contributed by atoms with Gasteiger partial charge in [-0.25, -0.2) is 4.79 Å². The number of rotatable bonds is 6. The van der Waals surface area contributed by atoms with Gasteiger partial charge in [-0.05, 0) is 45.4 Å². The molecule has 164 valence electrons. The van der Waals surface area contributed by atoms with Crippen molar-refractivity contribution >= 4 is 41.9 Å². The molecule has 0 saturated carbocycles. The van der Waals surface area contributed by atoms with Crippen molar-refractivity contribution < 1.29 is 14.3 Å². The van der Waals surface area contributed by atoms with Crippen molar-refractivity contribution in [2.75, 3.05) is 40.3 Å². The zero-order valence-electron chi connectivity index (χ0n) is 18.2. The van der Waals surface area contributed by atoms with Gasteiger partial charge in [-0.3, -0.25) is 9.79 Å². The van der Waals surface area contributed by atoms with E-state index >= 15 is 0 Å². The lowest BCUT2D eigenvalue weighted by Gasteiger charge is -2.35. The molecule has 1 fully saturated rings. The van der Waals surface area contributed by atoms with E-state index < -0.39 is 5.60 Å². The Hall–Kier alpha value is -1.26. The lowest BCUT2D eigenvalue weighted by Crippen LogP contribution is -2.48. The van der Waals surface area contributed by atoms with Crippen LogP contribution in [0.1, 0.15) is 47.0 Å². The Morgan fingerprint density at radius 1 is 1.39 bits per heavy atom. The Balaban J connectivity index is 0.00000729. The number of guanidine groups is 1. The number of nitrogens with two attached hydrogens (primary N) is 1. The molecule has 1 aliphatic rings. The smallest absolute Gasteiger partial charge is 0.410 e. The molecule has 0 aromatic carbocycles. The molecule has 1 rings (SSSR count). The van der Waals surface area contributed by atoms with Crippen molar-refractivity contribution in [2.24, 2.45) is 22.6 Å². The van der Waals surface area contributed by atoms with Crippen molar-refractivity contribution in [3.63, 3.8) is 0 Å². The van der Waals surface area contributed by atoms with Crippen LogP contribution in [0.5, 0.6) is 0 Å². The first-order valence-electron chi connectivity index (χ1n) is 9.69. The van der Waals surface area contributed by atoms with E-state index in [2.05, 4.69) is 22.1 Å². The number of nitrogens with zero attached hydrogens (tertiary/aromatic N) is 3. The number of aliphatic imine (C=N–C) groups is 1. The van der Waals surface area contributed by atoms with Crippen molar-refractivity contribution in [3.05, 3.63) is 0 Å². The number of primary amides is 1. The first kappa shape index (κ1) is 26.7. The third-order valence-corrected chi connectivity index (χ3v) is 4.42. The van der Waals surface area contributed by atoms with E-state index in [0.717, 1.165) is 31.9 Å². The van der Waals surface area contributed by atoms with Gasteiger partial charge in [0.1, 0.15) is 5.60 Å². The monoisotopic (exact) mass is 511 g/mol. The average molecular weight is 511 g/mol. The van der Waals surface area contributed by atoms with Gasteiger partial charge >= 0.3 is 6.09 Å². The Morgan fingerprint density at radius 3 is 2.57 bits per heavy atom. The molecule has 0 radical (unpaired) electrons. The second kappa shape index (κ2) is 12.3. The predicted molar refractivity (Wildman–Crippen MR) is 123 cm³/mol. The van der Waals surface area contributed by atoms with Crippen LogP contribution in [0.3, 0.4) is 0 Å². The first-order valence-corrected chi connectivity index (χ1v) is 9.69. The highest BCUT2D eigenvalue weighted by molar-refractivity contribution is 14.0. The molecule has 1 saturated heterocycles. The molecule has 0 aromatic rings. The number of piperidine rings is 1. The summed E-state index contributed by atoms with van der Waals surface area (Å²) in [6.07, 6.45) is 2.15. The summed E-state index contributed by atoms with van der Waals surface area (Å²) < 4.78 is 5.38. The predicted octanol–water partition coefficient (Wildman–Crippen LogP) is 2.27. The van der Waals surface area contributed by atoms with Crippen LogP contribution in [-0.4, -0.2) is 73.6 Å². The number of ether oxygens (including phenoxy) is 1. The fourth-order valence-electron chi connectivity index (χ4n) is 3.25. The summed E-state index contributed by atoms with van der Waals surface area (Å²) in [6.45, 7) is 10.6. The zero-order chi connectivity index (χ0) is 20.6. The van der Waals surface area contributed by atoms with E-state index in [1.165, 1.54) is 0 Å². The fourth-order valence-corrected chi connectivity index (χ4v) is 3.25. The number of carbonyl (C=O) groups is 2. The van der Waals surface area contributed by atoms with Crippen molar-refractivity contribution in [1.82, 2.24) is 15.1 Å². The summed E-state index contributed by atoms with van der Waals surface area (Å²) in [4.78, 5) is 31.4. The molecule has 2 unspecified atom stereocenters. The van der Waals surface area contributed by atoms with Crippen molar-refractivity contribution in [1.29, 1.82) is 0 Å². The van der Waals surface area contributed by atoms with E-state index in [4.69, 9.17) is 10.5 Å². The minimum absolute atomic E-state index is 0. The van der Waals surface area contributed by atoms with E-state index in [9.17, 15) is 9.59 Å². The summed E-state index contributed by atoms with van der Waals surface area (Å²) in [6, 6.07) is 0. The Bertz CT molecular complexity index is 536. The lowest BCUT2D eigenvalue weighted by atomic mass is 9.95. The molecule has 28 heavy (non-hydrogen) atoms. The Kier molecular flexibility index (Phi) is 11.8. The molecule has 0 spiro atoms. The number of hydrogen-bond acceptors (Lipinski definition) is 4. The van der Waals surface area contributed by atoms with Crippen LogP contribution in [0.15, 0.2) is 4.99 Å². The van der Waals surface area contributed by atoms with Gasteiger partial charge in [0.05, 0.1) is 0 Å². The first-order chi connectivity index (χ1) is 12.5. The van der Waals surface area contributed by atoms with Crippen LogP contribution in [0.4, 0.5) is 4.79 Å². The second-order valence-corrected chi connectivity index (χ2v) is 8.52. The highest BCUT2D eigenvalue weighted by Gasteiger charge is 2.24. The quantitative estimate of drug-likeness (QED) is 0.324. The van der Waals surface area contributed by atoms with Crippen LogP contribution in [-0.2, 0) is 9.53 Å². The molecule has 0 aliphatic carbocycles. The molecular formula is C19H38IN5O3. The van der Waals surface area contributed by atoms with E-state index in [-0.39, 0.29) is 47.8 Å². The molecule has 1 aliphatic heterocycles. The Morgan fingerprint density at radius 2 is 2.04 bits per heavy atom. The maximum absolute atomic E-state index is 12.1. The topological polar surface area (TPSA) is 100 Å². The molecule has 3 N–H and O–H groups in total. The standard InChI is InChI=1S/C19H37N5O3.HI/c1-14(12-23(6)18(26)27-19(2,3)4)11-22-17(21-5)24-9-7-8-15(13-24)10-16(20)25;/h14-15H,7-13H2,1-6H3,(H2,20,25)(H,21,22);1H. The zero-order valence-corrected chi connectivity index (χ0v) is 20.5. The lowest BCUT2D eigenvalue weighted by molar-refractivity contribution is -0.119. The maximum Gasteiger partial charge on any atom is 0.410 e. The average Bonchev–Trinajstić information content (AvgIpc) is 2.53. The van der Waals surface area contributed by atoms with Gasteiger partial charge in [-0.1, -0.05) is 6.92 Å². The van der Waals surface area contributed by atoms with E-state index in [0.29, 0.717) is 19.5 Å². The van der Waals surface area contributed by atoms with Gasteiger partial charge < -0.3 is 25.6 Å². The third kappa shape index (κ3) is 10.3. The van der Waals surface area contributed by atoms with Crippen molar-refractivity contribution in [3.8, 4) is 0 Å². The van der Waals surface area contributed by atoms with Gasteiger partial charge in [0, 0.05) is 46.7 Å². The van der Waals surface area contributed by atoms with Crippen LogP contribution in [0.2, 0.25) is 0 Å². The van der Waals surface area contributed by atoms with Gasteiger partial charge in [0.2, 0.25) is 5.91 Å². The molecule has 2 atom stereocenters. The van der Waals surface area contributed by atoms with Crippen LogP contribution in [0, 0.1) is 11.8 Å². The molecule has 9 heteroatoms. The number of halogens is 1. The summed E-state index contributed by atoms with van der Waals surface area (Å²) in [5.41, 5.74) is 4.84. The number of hydrogen-bond donors (Lipinski definition) is 2. The summed E-state index contributed by atoms with van der Waals surface area (Å²) in [7, 11) is 3.51. The largest absolute Gasteiger partial charge is 0.444 e. The number of carbonyl (C=O) groups excluding carboxylic acids is 2. The number of amides is 2. The molecule has 8 nitrogen and oxygen atoms in total. The minimum Gasteiger partial charge on any atom is -0.444 e. The normalized spacial score (nSPS) is 18.7. The SMILES string of the molecule is CN=C(NCC(C)CN(C)C(=O)OC(C)(C)C)N1CCCC(CC(N)=O)C1.I. The van der Waals surface area contributed by atoms with Crippen LogP contribution in [0.25, 0.3) is 0 Å². The van der Waals surface area contributed by atoms with Crippen molar-refractivity contribution in [2.45, 2.75) is 52.6 Å². The van der Waals surface area contributed by atoms with Gasteiger partial charge in [-0.2, -0.15) is 0 Å². The number of nitrogens with one attached hydrogen (secondary N) is 1. The maximum atomic E-state index is 12.1. The molecule has 0 aromatic heterocycles. The highest BCUT2D eigenvalue weighted by Crippen LogP contribution is 2.19. The fraction of sp³-hybridized carbons (Fsp3) is 0.842. The summed E-state index contributed by atoms with van der Waals surface area (Å²) in [5, 5.41) is 3.39. The summed E-state index contributed by atoms with van der Waals surface area (Å²) in [5.74, 6) is 1.09. The van der Waals surface area contributed by atoms with Crippen LogP contribution >= 0.6 is 24.0 Å². The van der Waals surface area contributed by atoms with Gasteiger partial charge in [0.15, 0.2) is 5.96 Å². The second-order valence-electron chi connectivity index (χ2n) is 8.52. The van der Waals surface area contributed by atoms with Crippen LogP contribution < -0.4 is 11.1 Å². The van der Waals surface area contributed by atoms with E-state index in [1.54, 1.807) is 19.0 Å². The van der Waals surface area contributed by atoms with Gasteiger partial charge in [0.25, 0.3) is 0 Å². The van der Waals surface area contributed by atoms with Gasteiger partial charge in [-0.15, -0.1) is 24.0 Å². The van der Waals surface area contributed by atoms with E-state index in [1.807, 2.05) is 20.8 Å². The Labute approximate surface area is 186 Å². The third-order valence-electron chi connectivity index (χ3n) is 4.42.